The van der Waals surface area contributed by atoms with Gasteiger partial charge in [0.15, 0.2) is 0 Å². The topological polar surface area (TPSA) is 75.1 Å². The lowest BCUT2D eigenvalue weighted by molar-refractivity contribution is 0.154. The summed E-state index contributed by atoms with van der Waals surface area (Å²) in [7, 11) is 0. The molecule has 0 aromatic rings. The van der Waals surface area contributed by atoms with E-state index in [-0.39, 0.29) is 0 Å². The lowest BCUT2D eigenvalue weighted by atomic mass is 10.3. The third-order valence-corrected chi connectivity index (χ3v) is 1.10. The molecule has 0 fully saturated rings. The smallest absolute Gasteiger partial charge is 0.396 e. The third-order valence-electron chi connectivity index (χ3n) is 1.10. The second-order valence-corrected chi connectivity index (χ2v) is 2.01. The third kappa shape index (κ3) is 6.67. The first kappa shape index (κ1) is 9.78. The van der Waals surface area contributed by atoms with Gasteiger partial charge in [-0.3, -0.25) is 0 Å². The van der Waals surface area contributed by atoms with Gasteiger partial charge in [0.1, 0.15) is 0 Å². The minimum Gasteiger partial charge on any atom is -0.461 e. The highest BCUT2D eigenvalue weighted by Gasteiger charge is 1.95. The van der Waals surface area contributed by atoms with E-state index in [2.05, 4.69) is 21.7 Å². The van der Waals surface area contributed by atoms with Crippen molar-refractivity contribution in [3.8, 4) is 0 Å². The summed E-state index contributed by atoms with van der Waals surface area (Å²) in [6.45, 7) is 2.39. The number of ether oxygens (including phenoxy) is 1. The van der Waals surface area contributed by atoms with Gasteiger partial charge in [-0.25, -0.2) is 4.79 Å². The zero-order valence-electron chi connectivity index (χ0n) is 6.49. The number of nitrogens with zero attached hydrogens (tertiary/aromatic N) is 3. The standard InChI is InChI=1S/C6H11N3O2/c1-2-3-4-5-11-6(10)8-9-7/h2-5H2,1H3. The van der Waals surface area contributed by atoms with Crippen molar-refractivity contribution in [3.05, 3.63) is 10.4 Å². The van der Waals surface area contributed by atoms with Crippen LogP contribution in [0.15, 0.2) is 5.11 Å². The average Bonchev–Trinajstić information content (AvgIpc) is 1.99. The predicted molar refractivity (Wildman–Crippen MR) is 40.0 cm³/mol. The van der Waals surface area contributed by atoms with Crippen LogP contribution >= 0.6 is 0 Å². The zero-order chi connectivity index (χ0) is 8.53. The minimum atomic E-state index is -0.844. The van der Waals surface area contributed by atoms with Crippen molar-refractivity contribution in [1.82, 2.24) is 0 Å². The first-order chi connectivity index (χ1) is 5.31. The second kappa shape index (κ2) is 6.89. The van der Waals surface area contributed by atoms with Gasteiger partial charge >= 0.3 is 6.09 Å². The van der Waals surface area contributed by atoms with Crippen LogP contribution < -0.4 is 0 Å². The van der Waals surface area contributed by atoms with E-state index in [0.717, 1.165) is 19.3 Å². The molecular formula is C6H11N3O2. The molecule has 5 nitrogen and oxygen atoms in total. The molecule has 0 heterocycles. The molecule has 62 valence electrons. The molecule has 0 saturated carbocycles. The van der Waals surface area contributed by atoms with Gasteiger partial charge in [0.05, 0.1) is 6.61 Å². The number of hydrogen-bond donors (Lipinski definition) is 0. The summed E-state index contributed by atoms with van der Waals surface area (Å²) in [6, 6.07) is 0. The van der Waals surface area contributed by atoms with Crippen LogP contribution in [0.5, 0.6) is 0 Å². The molecule has 1 amide bonds. The Morgan fingerprint density at radius 2 is 2.36 bits per heavy atom. The highest BCUT2D eigenvalue weighted by atomic mass is 16.5. The Morgan fingerprint density at radius 3 is 2.91 bits per heavy atom. The summed E-state index contributed by atoms with van der Waals surface area (Å²) in [5.74, 6) is 0. The van der Waals surface area contributed by atoms with Gasteiger partial charge in [0.2, 0.25) is 0 Å². The second-order valence-electron chi connectivity index (χ2n) is 2.01. The summed E-state index contributed by atoms with van der Waals surface area (Å²) >= 11 is 0. The molecule has 0 radical (unpaired) electrons. The van der Waals surface area contributed by atoms with Crippen LogP contribution in [0.3, 0.4) is 0 Å². The number of hydrogen-bond acceptors (Lipinski definition) is 2. The van der Waals surface area contributed by atoms with Gasteiger partial charge < -0.3 is 4.74 Å². The normalized spacial score (nSPS) is 8.45. The van der Waals surface area contributed by atoms with Crippen LogP contribution in [0.25, 0.3) is 10.4 Å². The molecule has 0 unspecified atom stereocenters. The zero-order valence-corrected chi connectivity index (χ0v) is 6.49. The maximum absolute atomic E-state index is 10.4. The summed E-state index contributed by atoms with van der Waals surface area (Å²) in [4.78, 5) is 12.6. The van der Waals surface area contributed by atoms with Crippen LogP contribution in [0.1, 0.15) is 26.2 Å². The van der Waals surface area contributed by atoms with E-state index < -0.39 is 6.09 Å². The monoisotopic (exact) mass is 157 g/mol. The largest absolute Gasteiger partial charge is 0.461 e. The van der Waals surface area contributed by atoms with Gasteiger partial charge in [-0.05, 0) is 12.0 Å². The van der Waals surface area contributed by atoms with Gasteiger partial charge in [0, 0.05) is 10.0 Å². The quantitative estimate of drug-likeness (QED) is 0.272. The number of unbranched alkanes of at least 4 members (excludes halogenated alkanes) is 2. The molecule has 0 aromatic heterocycles. The fraction of sp³-hybridized carbons (Fsp3) is 0.833. The molecule has 0 rings (SSSR count). The van der Waals surface area contributed by atoms with Gasteiger partial charge in [0.25, 0.3) is 0 Å². The van der Waals surface area contributed by atoms with Crippen molar-refractivity contribution in [2.45, 2.75) is 26.2 Å². The molecule has 0 aliphatic carbocycles. The molecule has 11 heavy (non-hydrogen) atoms. The molecule has 0 spiro atoms. The maximum Gasteiger partial charge on any atom is 0.396 e. The van der Waals surface area contributed by atoms with E-state index in [4.69, 9.17) is 5.53 Å². The van der Waals surface area contributed by atoms with E-state index in [1.807, 2.05) is 0 Å². The molecule has 5 heteroatoms. The van der Waals surface area contributed by atoms with E-state index in [1.54, 1.807) is 0 Å². The molecular weight excluding hydrogens is 146 g/mol. The number of rotatable bonds is 4. The van der Waals surface area contributed by atoms with E-state index in [9.17, 15) is 4.79 Å². The highest BCUT2D eigenvalue weighted by Crippen LogP contribution is 1.95. The lowest BCUT2D eigenvalue weighted by Crippen LogP contribution is -1.99. The molecule has 0 saturated heterocycles. The average molecular weight is 157 g/mol. The number of carbonyl (C=O) groups is 1. The van der Waals surface area contributed by atoms with Crippen molar-refractivity contribution in [2.24, 2.45) is 5.11 Å². The highest BCUT2D eigenvalue weighted by molar-refractivity contribution is 5.67. The summed E-state index contributed by atoms with van der Waals surface area (Å²) in [5, 5.41) is 2.74. The Labute approximate surface area is 65.0 Å². The number of amides is 1. The first-order valence-corrected chi connectivity index (χ1v) is 3.53. The lowest BCUT2D eigenvalue weighted by Gasteiger charge is -1.97. The van der Waals surface area contributed by atoms with E-state index >= 15 is 0 Å². The summed E-state index contributed by atoms with van der Waals surface area (Å²) in [6.07, 6.45) is 2.06. The predicted octanol–water partition coefficient (Wildman–Crippen LogP) is 2.62. The Morgan fingerprint density at radius 1 is 1.64 bits per heavy atom. The Balaban J connectivity index is 3.24. The fourth-order valence-electron chi connectivity index (χ4n) is 0.577. The molecule has 0 bridgehead atoms. The fourth-order valence-corrected chi connectivity index (χ4v) is 0.577. The maximum atomic E-state index is 10.4. The van der Waals surface area contributed by atoms with E-state index in [1.165, 1.54) is 0 Å². The number of azide groups is 1. The van der Waals surface area contributed by atoms with Crippen molar-refractivity contribution >= 4 is 6.09 Å². The van der Waals surface area contributed by atoms with Gasteiger partial charge in [-0.1, -0.05) is 19.8 Å². The van der Waals surface area contributed by atoms with Gasteiger partial charge in [-0.15, -0.1) is 0 Å². The van der Waals surface area contributed by atoms with Crippen LogP contribution in [0.2, 0.25) is 0 Å². The molecule has 0 atom stereocenters. The Hall–Kier alpha value is -1.22. The molecule has 0 aromatic carbocycles. The van der Waals surface area contributed by atoms with Crippen LogP contribution in [-0.2, 0) is 4.74 Å². The molecule has 0 aliphatic rings. The number of carbonyl (C=O) groups excluding carboxylic acids is 1. The Bertz CT molecular complexity index is 163. The van der Waals surface area contributed by atoms with Crippen molar-refractivity contribution < 1.29 is 9.53 Å². The SMILES string of the molecule is CCCCCOC(=O)N=[N+]=[N-]. The van der Waals surface area contributed by atoms with Crippen molar-refractivity contribution in [1.29, 1.82) is 0 Å². The first-order valence-electron chi connectivity index (χ1n) is 3.53. The van der Waals surface area contributed by atoms with Crippen LogP contribution in [0, 0.1) is 0 Å². The van der Waals surface area contributed by atoms with E-state index in [0.29, 0.717) is 6.61 Å². The molecule has 0 N–H and O–H groups in total. The van der Waals surface area contributed by atoms with Gasteiger partial charge in [-0.2, -0.15) is 0 Å². The minimum absolute atomic E-state index is 0.339. The van der Waals surface area contributed by atoms with Crippen LogP contribution in [0.4, 0.5) is 4.79 Å². The van der Waals surface area contributed by atoms with Crippen molar-refractivity contribution in [3.63, 3.8) is 0 Å². The molecule has 0 aliphatic heterocycles. The van der Waals surface area contributed by atoms with Crippen molar-refractivity contribution in [2.75, 3.05) is 6.61 Å². The summed E-state index contributed by atoms with van der Waals surface area (Å²) in [5.41, 5.74) is 7.80. The Kier molecular flexibility index (Phi) is 6.13. The summed E-state index contributed by atoms with van der Waals surface area (Å²) < 4.78 is 4.53. The van der Waals surface area contributed by atoms with Crippen LogP contribution in [-0.4, -0.2) is 12.7 Å².